The number of hydrogen-bond acceptors (Lipinski definition) is 3. The van der Waals surface area contributed by atoms with Crippen molar-refractivity contribution in [1.29, 1.82) is 0 Å². The fourth-order valence-electron chi connectivity index (χ4n) is 4.27. The molecule has 2 N–H and O–H groups in total. The van der Waals surface area contributed by atoms with Gasteiger partial charge < -0.3 is 5.32 Å². The Morgan fingerprint density at radius 1 is 1.26 bits per heavy atom. The van der Waals surface area contributed by atoms with Gasteiger partial charge in [0.15, 0.2) is 0 Å². The molecular formula is C14H28N2O2S. The molecule has 3 atom stereocenters. The van der Waals surface area contributed by atoms with Crippen LogP contribution in [0.25, 0.3) is 0 Å². The van der Waals surface area contributed by atoms with E-state index in [4.69, 9.17) is 0 Å². The van der Waals surface area contributed by atoms with Gasteiger partial charge in [-0.3, -0.25) is 0 Å². The van der Waals surface area contributed by atoms with Gasteiger partial charge in [0.2, 0.25) is 10.0 Å². The lowest BCUT2D eigenvalue weighted by molar-refractivity contribution is 0.127. The van der Waals surface area contributed by atoms with E-state index in [2.05, 4.69) is 30.8 Å². The summed E-state index contributed by atoms with van der Waals surface area (Å²) in [4.78, 5) is 0. The van der Waals surface area contributed by atoms with Crippen LogP contribution in [0.4, 0.5) is 0 Å². The van der Waals surface area contributed by atoms with Gasteiger partial charge >= 0.3 is 0 Å². The van der Waals surface area contributed by atoms with E-state index in [9.17, 15) is 8.42 Å². The maximum atomic E-state index is 12.2. The van der Waals surface area contributed by atoms with Crippen LogP contribution < -0.4 is 10.0 Å². The lowest BCUT2D eigenvalue weighted by Gasteiger charge is -2.42. The highest BCUT2D eigenvalue weighted by Gasteiger charge is 2.60. The van der Waals surface area contributed by atoms with Crippen molar-refractivity contribution in [3.8, 4) is 0 Å². The van der Waals surface area contributed by atoms with E-state index in [1.165, 1.54) is 12.8 Å². The Hall–Kier alpha value is -0.130. The molecule has 2 rings (SSSR count). The fourth-order valence-corrected chi connectivity index (χ4v) is 5.86. The number of rotatable bonds is 6. The molecule has 5 heteroatoms. The van der Waals surface area contributed by atoms with Crippen molar-refractivity contribution in [2.75, 3.05) is 19.3 Å². The Kier molecular flexibility index (Phi) is 4.02. The monoisotopic (exact) mass is 288 g/mol. The summed E-state index contributed by atoms with van der Waals surface area (Å²) in [6.45, 7) is 7.45. The maximum absolute atomic E-state index is 12.2. The summed E-state index contributed by atoms with van der Waals surface area (Å²) in [7, 11) is -1.31. The van der Waals surface area contributed by atoms with Gasteiger partial charge in [-0.1, -0.05) is 20.8 Å². The molecule has 0 aromatic heterocycles. The van der Waals surface area contributed by atoms with Crippen molar-refractivity contribution in [2.45, 2.75) is 52.5 Å². The van der Waals surface area contributed by atoms with Crippen molar-refractivity contribution < 1.29 is 8.42 Å². The molecule has 0 heterocycles. The molecule has 0 amide bonds. The molecule has 3 unspecified atom stereocenters. The highest BCUT2D eigenvalue weighted by molar-refractivity contribution is 7.89. The minimum Gasteiger partial charge on any atom is -0.320 e. The molecule has 4 nitrogen and oxygen atoms in total. The first-order valence-electron chi connectivity index (χ1n) is 7.36. The molecule has 0 aromatic rings. The first-order chi connectivity index (χ1) is 8.71. The van der Waals surface area contributed by atoms with Crippen LogP contribution >= 0.6 is 0 Å². The number of hydrogen-bond donors (Lipinski definition) is 2. The van der Waals surface area contributed by atoms with Crippen LogP contribution in [0.1, 0.15) is 46.5 Å². The van der Waals surface area contributed by atoms with Crippen molar-refractivity contribution in [3.63, 3.8) is 0 Å². The lowest BCUT2D eigenvalue weighted by atomic mass is 9.69. The first-order valence-corrected chi connectivity index (χ1v) is 9.01. The predicted octanol–water partition coefficient (Wildman–Crippen LogP) is 1.73. The topological polar surface area (TPSA) is 58.2 Å². The van der Waals surface area contributed by atoms with E-state index in [-0.39, 0.29) is 22.6 Å². The van der Waals surface area contributed by atoms with Gasteiger partial charge in [-0.2, -0.15) is 0 Å². The standard InChI is InChI=1S/C14H28N2O2S/c1-13(2)11-6-7-14(3,10-11)12(13)16-19(17,18)9-5-8-15-4/h11-12,15-16H,5-10H2,1-4H3. The van der Waals surface area contributed by atoms with Crippen LogP contribution in [0.3, 0.4) is 0 Å². The van der Waals surface area contributed by atoms with Crippen LogP contribution in [-0.4, -0.2) is 33.8 Å². The summed E-state index contributed by atoms with van der Waals surface area (Å²) in [5.74, 6) is 0.892. The molecule has 112 valence electrons. The number of nitrogens with one attached hydrogen (secondary N) is 2. The quantitative estimate of drug-likeness (QED) is 0.732. The molecular weight excluding hydrogens is 260 g/mol. The minimum absolute atomic E-state index is 0.0864. The Bertz CT molecular complexity index is 428. The van der Waals surface area contributed by atoms with Crippen LogP contribution in [0.15, 0.2) is 0 Å². The van der Waals surface area contributed by atoms with Gasteiger partial charge in [0.1, 0.15) is 0 Å². The highest BCUT2D eigenvalue weighted by Crippen LogP contribution is 2.62. The van der Waals surface area contributed by atoms with Crippen LogP contribution in [-0.2, 0) is 10.0 Å². The van der Waals surface area contributed by atoms with Crippen molar-refractivity contribution in [3.05, 3.63) is 0 Å². The molecule has 0 aromatic carbocycles. The third-order valence-corrected chi connectivity index (χ3v) is 6.83. The smallest absolute Gasteiger partial charge is 0.211 e. The van der Waals surface area contributed by atoms with Gasteiger partial charge in [-0.05, 0) is 56.0 Å². The SMILES string of the molecule is CNCCCS(=O)(=O)NC1C2(C)CCC(C2)C1(C)C. The normalized spacial score (nSPS) is 36.8. The second-order valence-electron chi connectivity index (χ2n) is 7.24. The van der Waals surface area contributed by atoms with E-state index in [1.54, 1.807) is 0 Å². The molecule has 0 aliphatic heterocycles. The molecule has 2 aliphatic carbocycles. The third-order valence-electron chi connectivity index (χ3n) is 5.41. The third kappa shape index (κ3) is 2.83. The Morgan fingerprint density at radius 2 is 1.95 bits per heavy atom. The Balaban J connectivity index is 2.06. The Labute approximate surface area is 117 Å². The average Bonchev–Trinajstić information content (AvgIpc) is 2.76. The maximum Gasteiger partial charge on any atom is 0.211 e. The van der Waals surface area contributed by atoms with Crippen molar-refractivity contribution in [2.24, 2.45) is 16.7 Å². The average molecular weight is 288 g/mol. The molecule has 2 saturated carbocycles. The Morgan fingerprint density at radius 3 is 2.47 bits per heavy atom. The molecule has 19 heavy (non-hydrogen) atoms. The van der Waals surface area contributed by atoms with Crippen molar-refractivity contribution >= 4 is 10.0 Å². The highest BCUT2D eigenvalue weighted by atomic mass is 32.2. The molecule has 0 spiro atoms. The first kappa shape index (κ1) is 15.3. The van der Waals surface area contributed by atoms with Gasteiger partial charge in [-0.25, -0.2) is 13.1 Å². The number of sulfonamides is 1. The zero-order valence-electron chi connectivity index (χ0n) is 12.6. The summed E-state index contributed by atoms with van der Waals surface area (Å²) in [5, 5.41) is 2.99. The minimum atomic E-state index is -3.16. The van der Waals surface area contributed by atoms with E-state index in [0.29, 0.717) is 12.3 Å². The molecule has 2 bridgehead atoms. The van der Waals surface area contributed by atoms with Crippen LogP contribution in [0, 0.1) is 16.7 Å². The molecule has 2 aliphatic rings. The van der Waals surface area contributed by atoms with Gasteiger partial charge in [0.05, 0.1) is 5.75 Å². The largest absolute Gasteiger partial charge is 0.320 e. The molecule has 0 saturated heterocycles. The second kappa shape index (κ2) is 5.01. The summed E-state index contributed by atoms with van der Waals surface area (Å²) in [5.41, 5.74) is 0.243. The fraction of sp³-hybridized carbons (Fsp3) is 1.00. The summed E-state index contributed by atoms with van der Waals surface area (Å²) >= 11 is 0. The second-order valence-corrected chi connectivity index (χ2v) is 9.12. The van der Waals surface area contributed by atoms with E-state index >= 15 is 0 Å². The summed E-state index contributed by atoms with van der Waals surface area (Å²) < 4.78 is 27.5. The summed E-state index contributed by atoms with van der Waals surface area (Å²) in [6.07, 6.45) is 4.25. The van der Waals surface area contributed by atoms with Gasteiger partial charge in [0.25, 0.3) is 0 Å². The van der Waals surface area contributed by atoms with Crippen molar-refractivity contribution in [1.82, 2.24) is 10.0 Å². The van der Waals surface area contributed by atoms with E-state index in [1.807, 2.05) is 7.05 Å². The van der Waals surface area contributed by atoms with Gasteiger partial charge in [-0.15, -0.1) is 0 Å². The van der Waals surface area contributed by atoms with Crippen LogP contribution in [0.2, 0.25) is 0 Å². The zero-order chi connectivity index (χ0) is 14.3. The predicted molar refractivity (Wildman–Crippen MR) is 78.5 cm³/mol. The number of fused-ring (bicyclic) bond motifs is 2. The molecule has 0 radical (unpaired) electrons. The van der Waals surface area contributed by atoms with Gasteiger partial charge in [0, 0.05) is 6.04 Å². The summed E-state index contributed by atoms with van der Waals surface area (Å²) in [6, 6.07) is 0.0957. The molecule has 2 fully saturated rings. The lowest BCUT2D eigenvalue weighted by Crippen LogP contribution is -2.52. The zero-order valence-corrected chi connectivity index (χ0v) is 13.4. The van der Waals surface area contributed by atoms with E-state index < -0.39 is 10.0 Å². The van der Waals surface area contributed by atoms with E-state index in [0.717, 1.165) is 13.0 Å². The van der Waals surface area contributed by atoms with Crippen LogP contribution in [0.5, 0.6) is 0 Å².